The van der Waals surface area contributed by atoms with Gasteiger partial charge < -0.3 is 10.4 Å². The van der Waals surface area contributed by atoms with E-state index in [1.165, 1.54) is 12.0 Å². The highest BCUT2D eigenvalue weighted by atomic mass is 16.3. The number of nitrogens with one attached hydrogen (secondary N) is 1. The standard InChI is InChI=1S/C12H18N2O/c1-13-11(10-3-7-14-8-4-10)12(9-15)5-2-6-12/h3-4,7-8,11,13,15H,2,5-6,9H2,1H3. The Morgan fingerprint density at radius 3 is 2.53 bits per heavy atom. The molecule has 2 rings (SSSR count). The summed E-state index contributed by atoms with van der Waals surface area (Å²) < 4.78 is 0. The summed E-state index contributed by atoms with van der Waals surface area (Å²) in [5.41, 5.74) is 1.28. The highest BCUT2D eigenvalue weighted by molar-refractivity contribution is 5.20. The minimum Gasteiger partial charge on any atom is -0.396 e. The minimum atomic E-state index is 0.0517. The lowest BCUT2D eigenvalue weighted by Gasteiger charge is -2.46. The van der Waals surface area contributed by atoms with Gasteiger partial charge in [-0.3, -0.25) is 4.98 Å². The summed E-state index contributed by atoms with van der Waals surface area (Å²) in [6.45, 7) is 0.265. The van der Waals surface area contributed by atoms with E-state index in [4.69, 9.17) is 0 Å². The first-order valence-corrected chi connectivity index (χ1v) is 5.50. The maximum Gasteiger partial charge on any atom is 0.0505 e. The van der Waals surface area contributed by atoms with E-state index >= 15 is 0 Å². The largest absolute Gasteiger partial charge is 0.396 e. The molecule has 1 aliphatic carbocycles. The minimum absolute atomic E-state index is 0.0517. The van der Waals surface area contributed by atoms with Crippen LogP contribution in [0.25, 0.3) is 0 Å². The Kier molecular flexibility index (Phi) is 3.03. The fourth-order valence-electron chi connectivity index (χ4n) is 2.55. The third kappa shape index (κ3) is 1.77. The second-order valence-corrected chi connectivity index (χ2v) is 4.38. The number of rotatable bonds is 4. The lowest BCUT2D eigenvalue weighted by atomic mass is 9.63. The fraction of sp³-hybridized carbons (Fsp3) is 0.583. The Hall–Kier alpha value is -0.930. The predicted octanol–water partition coefficient (Wildman–Crippen LogP) is 1.50. The first-order valence-electron chi connectivity index (χ1n) is 5.50. The van der Waals surface area contributed by atoms with Gasteiger partial charge in [-0.05, 0) is 37.6 Å². The zero-order chi connectivity index (χ0) is 10.7. The highest BCUT2D eigenvalue weighted by Crippen LogP contribution is 2.49. The summed E-state index contributed by atoms with van der Waals surface area (Å²) in [6, 6.07) is 4.30. The zero-order valence-electron chi connectivity index (χ0n) is 9.11. The van der Waals surface area contributed by atoms with Crippen molar-refractivity contribution in [2.24, 2.45) is 5.41 Å². The molecule has 3 nitrogen and oxygen atoms in total. The van der Waals surface area contributed by atoms with Crippen molar-refractivity contribution in [3.63, 3.8) is 0 Å². The molecule has 1 unspecified atom stereocenters. The van der Waals surface area contributed by atoms with Crippen molar-refractivity contribution in [2.45, 2.75) is 25.3 Å². The van der Waals surface area contributed by atoms with E-state index in [2.05, 4.69) is 10.3 Å². The monoisotopic (exact) mass is 206 g/mol. The van der Waals surface area contributed by atoms with E-state index in [9.17, 15) is 5.11 Å². The molecule has 0 amide bonds. The molecule has 0 saturated heterocycles. The van der Waals surface area contributed by atoms with Crippen molar-refractivity contribution >= 4 is 0 Å². The van der Waals surface area contributed by atoms with E-state index in [0.29, 0.717) is 0 Å². The maximum atomic E-state index is 9.54. The number of hydrogen-bond donors (Lipinski definition) is 2. The van der Waals surface area contributed by atoms with E-state index in [1.54, 1.807) is 0 Å². The number of aliphatic hydroxyl groups is 1. The molecule has 1 aromatic heterocycles. The third-order valence-electron chi connectivity index (χ3n) is 3.60. The van der Waals surface area contributed by atoms with Crippen molar-refractivity contribution in [1.29, 1.82) is 0 Å². The molecular weight excluding hydrogens is 188 g/mol. The van der Waals surface area contributed by atoms with Crippen LogP contribution in [0.1, 0.15) is 30.9 Å². The van der Waals surface area contributed by atoms with Gasteiger partial charge in [0.1, 0.15) is 0 Å². The molecule has 1 atom stereocenters. The molecule has 2 N–H and O–H groups in total. The van der Waals surface area contributed by atoms with Crippen LogP contribution in [-0.4, -0.2) is 23.7 Å². The molecule has 1 aliphatic rings. The number of aromatic nitrogens is 1. The van der Waals surface area contributed by atoms with E-state index in [1.807, 2.05) is 31.6 Å². The summed E-state index contributed by atoms with van der Waals surface area (Å²) in [4.78, 5) is 4.02. The molecule has 1 aromatic rings. The molecule has 1 saturated carbocycles. The van der Waals surface area contributed by atoms with Gasteiger partial charge in [0, 0.05) is 23.9 Å². The van der Waals surface area contributed by atoms with Gasteiger partial charge in [0.15, 0.2) is 0 Å². The zero-order valence-corrected chi connectivity index (χ0v) is 9.11. The number of aliphatic hydroxyl groups excluding tert-OH is 1. The van der Waals surface area contributed by atoms with Gasteiger partial charge in [0.2, 0.25) is 0 Å². The van der Waals surface area contributed by atoms with Crippen LogP contribution < -0.4 is 5.32 Å². The third-order valence-corrected chi connectivity index (χ3v) is 3.60. The summed E-state index contributed by atoms with van der Waals surface area (Å²) in [7, 11) is 1.96. The van der Waals surface area contributed by atoms with Crippen molar-refractivity contribution in [1.82, 2.24) is 10.3 Å². The predicted molar refractivity (Wildman–Crippen MR) is 59.4 cm³/mol. The smallest absolute Gasteiger partial charge is 0.0505 e. The van der Waals surface area contributed by atoms with Crippen molar-refractivity contribution in [3.8, 4) is 0 Å². The SMILES string of the molecule is CNC(c1ccncc1)C1(CO)CCC1. The molecular formula is C12H18N2O. The van der Waals surface area contributed by atoms with E-state index < -0.39 is 0 Å². The quantitative estimate of drug-likeness (QED) is 0.784. The topological polar surface area (TPSA) is 45.2 Å². The summed E-state index contributed by atoms with van der Waals surface area (Å²) >= 11 is 0. The van der Waals surface area contributed by atoms with E-state index in [-0.39, 0.29) is 18.1 Å². The normalized spacial score (nSPS) is 20.7. The van der Waals surface area contributed by atoms with Gasteiger partial charge in [-0.1, -0.05) is 6.42 Å². The van der Waals surface area contributed by atoms with Crippen LogP contribution in [0.2, 0.25) is 0 Å². The van der Waals surface area contributed by atoms with Crippen LogP contribution in [-0.2, 0) is 0 Å². The molecule has 15 heavy (non-hydrogen) atoms. The molecule has 82 valence electrons. The van der Waals surface area contributed by atoms with Crippen molar-refractivity contribution in [2.75, 3.05) is 13.7 Å². The van der Waals surface area contributed by atoms with Crippen molar-refractivity contribution < 1.29 is 5.11 Å². The van der Waals surface area contributed by atoms with Crippen LogP contribution in [0, 0.1) is 5.41 Å². The molecule has 1 heterocycles. The fourth-order valence-corrected chi connectivity index (χ4v) is 2.55. The average molecular weight is 206 g/mol. The van der Waals surface area contributed by atoms with Crippen LogP contribution in [0.4, 0.5) is 0 Å². The molecule has 3 heteroatoms. The highest BCUT2D eigenvalue weighted by Gasteiger charge is 2.43. The Bertz CT molecular complexity index is 303. The van der Waals surface area contributed by atoms with Gasteiger partial charge in [-0.2, -0.15) is 0 Å². The van der Waals surface area contributed by atoms with Gasteiger partial charge >= 0.3 is 0 Å². The summed E-state index contributed by atoms with van der Waals surface area (Å²) in [5, 5.41) is 12.9. The van der Waals surface area contributed by atoms with Crippen molar-refractivity contribution in [3.05, 3.63) is 30.1 Å². The first-order chi connectivity index (χ1) is 7.32. The molecule has 1 fully saturated rings. The van der Waals surface area contributed by atoms with Gasteiger partial charge in [0.05, 0.1) is 6.61 Å². The van der Waals surface area contributed by atoms with Crippen LogP contribution in [0.5, 0.6) is 0 Å². The summed E-state index contributed by atoms with van der Waals surface area (Å²) in [5.74, 6) is 0. The van der Waals surface area contributed by atoms with E-state index in [0.717, 1.165) is 12.8 Å². The first kappa shape index (κ1) is 10.6. The Labute approximate surface area is 90.5 Å². The molecule has 0 radical (unpaired) electrons. The molecule has 0 aromatic carbocycles. The molecule has 0 bridgehead atoms. The number of nitrogens with zero attached hydrogens (tertiary/aromatic N) is 1. The molecule has 0 spiro atoms. The molecule has 0 aliphatic heterocycles. The second kappa shape index (κ2) is 4.29. The van der Waals surface area contributed by atoms with Gasteiger partial charge in [-0.25, -0.2) is 0 Å². The Morgan fingerprint density at radius 2 is 2.13 bits per heavy atom. The van der Waals surface area contributed by atoms with Gasteiger partial charge in [-0.15, -0.1) is 0 Å². The van der Waals surface area contributed by atoms with Crippen LogP contribution in [0.3, 0.4) is 0 Å². The lowest BCUT2D eigenvalue weighted by molar-refractivity contribution is 0.00781. The number of hydrogen-bond acceptors (Lipinski definition) is 3. The van der Waals surface area contributed by atoms with Crippen LogP contribution in [0.15, 0.2) is 24.5 Å². The Morgan fingerprint density at radius 1 is 1.47 bits per heavy atom. The summed E-state index contributed by atoms with van der Waals surface area (Å²) in [6.07, 6.45) is 7.06. The lowest BCUT2D eigenvalue weighted by Crippen LogP contribution is -2.44. The number of pyridine rings is 1. The second-order valence-electron chi connectivity index (χ2n) is 4.38. The average Bonchev–Trinajstić information content (AvgIpc) is 2.24. The van der Waals surface area contributed by atoms with Crippen LogP contribution >= 0.6 is 0 Å². The van der Waals surface area contributed by atoms with Gasteiger partial charge in [0.25, 0.3) is 0 Å². The Balaban J connectivity index is 2.24. The maximum absolute atomic E-state index is 9.54.